The van der Waals surface area contributed by atoms with E-state index >= 15 is 0 Å². The van der Waals surface area contributed by atoms with Gasteiger partial charge >= 0.3 is 5.97 Å². The molecule has 0 aliphatic carbocycles. The molecule has 116 heavy (non-hydrogen) atoms. The van der Waals surface area contributed by atoms with Gasteiger partial charge in [-0.25, -0.2) is 9.78 Å². The number of aliphatic hydroxyl groups excluding tert-OH is 2. The van der Waals surface area contributed by atoms with Gasteiger partial charge < -0.3 is 54.0 Å². The molecule has 8 aromatic heterocycles. The van der Waals surface area contributed by atoms with Crippen LogP contribution in [0.5, 0.6) is 5.75 Å². The van der Waals surface area contributed by atoms with Crippen molar-refractivity contribution < 1.29 is 161 Å². The largest absolute Gasteiger partial charge is 0.574 e. The van der Waals surface area contributed by atoms with Crippen molar-refractivity contribution in [3.8, 4) is 85.1 Å². The van der Waals surface area contributed by atoms with E-state index in [0.29, 0.717) is 23.2 Å². The van der Waals surface area contributed by atoms with Crippen LogP contribution < -0.4 is 9.84 Å². The molecule has 0 fully saturated rings. The first kappa shape index (κ1) is 101. The zero-order valence-corrected chi connectivity index (χ0v) is 74.4. The maximum atomic E-state index is 13.2. The molecule has 7 aromatic carbocycles. The van der Waals surface area contributed by atoms with Gasteiger partial charge in [-0.15, -0.1) is 115 Å². The molecule has 3 N–H and O–H groups in total. The zero-order chi connectivity index (χ0) is 79.4. The number of hydrogen-bond donors (Lipinski definition) is 3. The number of carbonyl (C=O) groups is 3. The number of carboxylic acids is 1. The van der Waals surface area contributed by atoms with Gasteiger partial charge in [-0.1, -0.05) is 150 Å². The number of carbonyl (C=O) groups excluding carboxylic acids is 2. The summed E-state index contributed by atoms with van der Waals surface area (Å²) in [6.07, 6.45) is 16.0. The van der Waals surface area contributed by atoms with Crippen molar-refractivity contribution >= 4 is 28.6 Å². The maximum absolute atomic E-state index is 13.2. The number of allylic oxidation sites excluding steroid dienone is 4. The first-order valence-corrected chi connectivity index (χ1v) is 34.0. The number of ether oxygens (including phenoxy) is 1. The summed E-state index contributed by atoms with van der Waals surface area (Å²) in [4.78, 5) is 58.7. The number of aromatic nitrogens is 9. The molecule has 18 nitrogen and oxygen atoms in total. The summed E-state index contributed by atoms with van der Waals surface area (Å²) < 4.78 is 68.6. The smallest absolute Gasteiger partial charge is 0.354 e. The van der Waals surface area contributed by atoms with Gasteiger partial charge in [0, 0.05) is 190 Å². The average Bonchev–Trinajstić information content (AvgIpc) is 1.69. The van der Waals surface area contributed by atoms with E-state index in [1.54, 1.807) is 85.7 Å². The van der Waals surface area contributed by atoms with Gasteiger partial charge in [-0.2, -0.15) is 0 Å². The standard InChI is InChI=1S/C15H10NO.C15H16NO.C13H8NO.2C11H6F2N.C8H6N3.C6H5NO2.2C5H8O2.5Ir/c1-3-7-12(8-4-1)14-11-16-15(17-14)13-9-5-2-6-10-13;1-2-3-11-17-14-8-6-7-13(12-14)15-9-4-5-10-16-15;1-2-6-10(7-3-1)13-14-11-8-4-5-9-12(11)15-13;2*12-8-4-5-9(10(13)7-8)11-3-1-2-6-14-11;1-2-5-9-7(3-1)8-4-6-10-11-8;8-6(9)5-3-1-2-4-7-5;2*1-4(6)3-5(2)7;;;;;/h1-9,11H;4-6,8-10,12H,2-3,11H2,1H3;1-6,8-9H;2*1-4,6-7H;1-6H;1-4H,(H,8,9);2*3,6H,1-2H3;;;;;/q6*-1;;;;;;;;. The third-order valence-corrected chi connectivity index (χ3v) is 13.9. The van der Waals surface area contributed by atoms with E-state index in [4.69, 9.17) is 28.9 Å². The summed E-state index contributed by atoms with van der Waals surface area (Å²) >= 11 is 0. The fourth-order valence-electron chi connectivity index (χ4n) is 8.98. The van der Waals surface area contributed by atoms with Gasteiger partial charge in [-0.05, 0) is 106 Å². The number of hydrogen-bond acceptors (Lipinski definition) is 16. The average molecular weight is 2450 g/mol. The molecule has 0 bridgehead atoms. The number of oxazole rings is 2. The Labute approximate surface area is 737 Å². The summed E-state index contributed by atoms with van der Waals surface area (Å²) in [5.74, 6) is -0.802. The number of para-hydroxylation sites is 2. The fraction of sp³-hybridized carbons (Fsp3) is 0.0899. The number of nitrogens with zero attached hydrogens (tertiary/aromatic N) is 9. The zero-order valence-electron chi connectivity index (χ0n) is 62.4. The Morgan fingerprint density at radius 3 is 1.36 bits per heavy atom. The van der Waals surface area contributed by atoms with Crippen LogP contribution in [0, 0.1) is 53.6 Å². The van der Waals surface area contributed by atoms with Crippen molar-refractivity contribution in [1.29, 1.82) is 0 Å². The number of fused-ring (bicyclic) bond motifs is 1. The molecular formula is C89H73F4Ir5N9O9-6. The van der Waals surface area contributed by atoms with Crippen LogP contribution in [0.4, 0.5) is 17.6 Å². The fourth-order valence-corrected chi connectivity index (χ4v) is 8.98. The summed E-state index contributed by atoms with van der Waals surface area (Å²) in [5, 5.41) is 32.6. The minimum Gasteiger partial charge on any atom is -0.574 e. The molecular weight excluding hydrogens is 2380 g/mol. The third kappa shape index (κ3) is 37.4. The quantitative estimate of drug-likeness (QED) is 0.0300. The second kappa shape index (κ2) is 57.0. The van der Waals surface area contributed by atoms with Crippen molar-refractivity contribution in [2.75, 3.05) is 6.61 Å². The predicted octanol–water partition coefficient (Wildman–Crippen LogP) is 20.4. The SMILES string of the molecule is CC(=O)C=C(C)O.CC(=O)C=C(C)O.CCCCOc1cc[c-]c(-c2ccccn2)c1.Fc1c[c-]c(-c2ccccn2)c(F)c1.Fc1c[c-]c(-c2ccccn2)c(F)c1.O=C(O)c1ccccn1.[Ir].[Ir].[Ir].[Ir].[Ir].[c-]1ccccc1-c1nc2ccccc2o1.[c-]1ccccc1-c1ncc(-c2ccccc2)o1.c1ccc(-c2ccn[n-]2)nc1. The molecule has 0 atom stereocenters. The van der Waals surface area contributed by atoms with E-state index in [1.807, 2.05) is 164 Å². The van der Waals surface area contributed by atoms with Crippen LogP contribution in [0.25, 0.3) is 90.5 Å². The monoisotopic (exact) mass is 2450 g/mol. The molecule has 15 rings (SSSR count). The number of pyridine rings is 5. The number of carboxylic acid groups (broad SMARTS) is 1. The van der Waals surface area contributed by atoms with Crippen molar-refractivity contribution in [3.05, 3.63) is 369 Å². The van der Waals surface area contributed by atoms with Crippen LogP contribution >= 0.6 is 0 Å². The van der Waals surface area contributed by atoms with Gasteiger partial charge in [-0.3, -0.25) is 42.1 Å². The number of aromatic carboxylic acids is 1. The van der Waals surface area contributed by atoms with Gasteiger partial charge in [0.15, 0.2) is 11.6 Å². The molecule has 0 spiro atoms. The van der Waals surface area contributed by atoms with E-state index < -0.39 is 29.2 Å². The Morgan fingerprint density at radius 1 is 0.466 bits per heavy atom. The Balaban J connectivity index is 0.000000446. The van der Waals surface area contributed by atoms with Crippen molar-refractivity contribution in [2.45, 2.75) is 47.5 Å². The van der Waals surface area contributed by atoms with Crippen molar-refractivity contribution in [2.24, 2.45) is 0 Å². The third-order valence-electron chi connectivity index (χ3n) is 13.9. The molecule has 0 aliphatic heterocycles. The normalized spacial score (nSPS) is 9.84. The van der Waals surface area contributed by atoms with Crippen LogP contribution in [0.15, 0.2) is 319 Å². The molecule has 0 amide bonds. The molecule has 27 heteroatoms. The number of aliphatic hydroxyl groups is 2. The minimum atomic E-state index is -0.990. The van der Waals surface area contributed by atoms with Gasteiger partial charge in [0.2, 0.25) is 0 Å². The van der Waals surface area contributed by atoms with Gasteiger partial charge in [0.25, 0.3) is 0 Å². The van der Waals surface area contributed by atoms with Crippen LogP contribution in [-0.4, -0.2) is 79.4 Å². The Kier molecular flexibility index (Phi) is 49.6. The number of unbranched alkanes of at least 4 members (excludes halogenated alkanes) is 1. The van der Waals surface area contributed by atoms with E-state index in [9.17, 15) is 31.9 Å². The molecule has 15 aromatic rings. The maximum Gasteiger partial charge on any atom is 0.354 e. The summed E-state index contributed by atoms with van der Waals surface area (Å²) in [6.45, 7) is 8.62. The molecule has 607 valence electrons. The first-order chi connectivity index (χ1) is 53.8. The van der Waals surface area contributed by atoms with E-state index in [0.717, 1.165) is 106 Å². The van der Waals surface area contributed by atoms with E-state index in [2.05, 4.69) is 82.3 Å². The number of rotatable bonds is 14. The first-order valence-electron chi connectivity index (χ1n) is 34.0. The summed E-state index contributed by atoms with van der Waals surface area (Å²) in [6, 6.07) is 85.3. The molecule has 5 radical (unpaired) electrons. The van der Waals surface area contributed by atoms with Crippen LogP contribution in [0.1, 0.15) is 57.9 Å². The number of benzene rings is 7. The van der Waals surface area contributed by atoms with Crippen molar-refractivity contribution in [1.82, 2.24) is 45.1 Å². The topological polar surface area (TPSA) is 265 Å². The van der Waals surface area contributed by atoms with Crippen molar-refractivity contribution in [3.63, 3.8) is 0 Å². The van der Waals surface area contributed by atoms with E-state index in [-0.39, 0.29) is 140 Å². The summed E-state index contributed by atoms with van der Waals surface area (Å²) in [7, 11) is 0. The van der Waals surface area contributed by atoms with Crippen LogP contribution in [0.2, 0.25) is 0 Å². The molecule has 0 unspecified atom stereocenters. The second-order valence-corrected chi connectivity index (χ2v) is 22.7. The second-order valence-electron chi connectivity index (χ2n) is 22.7. The van der Waals surface area contributed by atoms with Gasteiger partial charge in [0.05, 0.1) is 29.8 Å². The summed E-state index contributed by atoms with van der Waals surface area (Å²) in [5.41, 5.74) is 9.41. The Morgan fingerprint density at radius 2 is 0.940 bits per heavy atom. The molecule has 0 saturated heterocycles. The minimum absolute atomic E-state index is 0. The number of halogens is 4. The Bertz CT molecular complexity index is 5090. The predicted molar refractivity (Wildman–Crippen MR) is 416 cm³/mol. The molecule has 0 saturated carbocycles. The van der Waals surface area contributed by atoms with E-state index in [1.165, 1.54) is 52.1 Å². The van der Waals surface area contributed by atoms with Gasteiger partial charge in [0.1, 0.15) is 28.8 Å². The van der Waals surface area contributed by atoms with Crippen LogP contribution in [0.3, 0.4) is 0 Å². The molecule has 8 heterocycles. The van der Waals surface area contributed by atoms with Crippen LogP contribution in [-0.2, 0) is 110 Å². The Hall–Kier alpha value is -11.2. The number of ketones is 2. The molecule has 0 aliphatic rings.